The van der Waals surface area contributed by atoms with Crippen molar-refractivity contribution in [3.05, 3.63) is 66.1 Å². The molecule has 5 rings (SSSR count). The molecule has 1 atom stereocenters. The van der Waals surface area contributed by atoms with E-state index in [1.165, 1.54) is 17.3 Å². The third-order valence-corrected chi connectivity index (χ3v) is 7.49. The fraction of sp³-hybridized carbons (Fsp3) is 0.360. The number of hydrogen-bond donors (Lipinski definition) is 0. The first-order valence-electron chi connectivity index (χ1n) is 11.0. The summed E-state index contributed by atoms with van der Waals surface area (Å²) in [6.45, 7) is 6.31. The molecule has 2 aliphatic rings. The van der Waals surface area contributed by atoms with Gasteiger partial charge in [-0.1, -0.05) is 43.8 Å². The van der Waals surface area contributed by atoms with Crippen LogP contribution in [0.2, 0.25) is 0 Å². The molecular weight excluding hydrogens is 418 g/mol. The van der Waals surface area contributed by atoms with Crippen LogP contribution in [0, 0.1) is 0 Å². The van der Waals surface area contributed by atoms with Gasteiger partial charge in [-0.3, -0.25) is 14.3 Å². The number of likely N-dealkylation sites (N-methyl/N-ethyl adjacent to an activating group) is 1. The molecule has 6 nitrogen and oxygen atoms in total. The Morgan fingerprint density at radius 3 is 2.56 bits per heavy atom. The lowest BCUT2D eigenvalue weighted by Gasteiger charge is -2.24. The summed E-state index contributed by atoms with van der Waals surface area (Å²) in [4.78, 5) is 19.5. The molecule has 1 fully saturated rings. The number of ketones is 1. The Labute approximate surface area is 192 Å². The number of aromatic nitrogens is 4. The molecule has 1 aliphatic carbocycles. The molecule has 1 saturated carbocycles. The normalized spacial score (nSPS) is 19.2. The quantitative estimate of drug-likeness (QED) is 0.391. The number of rotatable bonds is 6. The van der Waals surface area contributed by atoms with E-state index in [2.05, 4.69) is 56.7 Å². The fourth-order valence-electron chi connectivity index (χ4n) is 4.44. The van der Waals surface area contributed by atoms with Gasteiger partial charge in [0.15, 0.2) is 16.8 Å². The number of allylic oxidation sites excluding steroid dienone is 2. The number of nitrogens with zero attached hydrogens (tertiary/aromatic N) is 5. The molecule has 2 aromatic heterocycles. The van der Waals surface area contributed by atoms with Crippen LogP contribution in [-0.4, -0.2) is 37.8 Å². The van der Waals surface area contributed by atoms with Crippen molar-refractivity contribution in [2.24, 2.45) is 0 Å². The van der Waals surface area contributed by atoms with Gasteiger partial charge in [-0.15, -0.1) is 10.2 Å². The van der Waals surface area contributed by atoms with Gasteiger partial charge >= 0.3 is 0 Å². The van der Waals surface area contributed by atoms with Crippen molar-refractivity contribution in [3.8, 4) is 11.4 Å². The van der Waals surface area contributed by atoms with Crippen LogP contribution >= 0.6 is 11.8 Å². The van der Waals surface area contributed by atoms with Gasteiger partial charge in [-0.25, -0.2) is 0 Å². The summed E-state index contributed by atoms with van der Waals surface area (Å²) in [7, 11) is 2.04. The number of carbonyl (C=O) groups is 1. The lowest BCUT2D eigenvalue weighted by Crippen LogP contribution is -2.25. The van der Waals surface area contributed by atoms with E-state index in [9.17, 15) is 4.79 Å². The predicted octanol–water partition coefficient (Wildman–Crippen LogP) is 5.04. The molecule has 0 bridgehead atoms. The molecule has 7 heteroatoms. The zero-order valence-corrected chi connectivity index (χ0v) is 19.6. The van der Waals surface area contributed by atoms with Crippen molar-refractivity contribution in [2.75, 3.05) is 11.9 Å². The molecular formula is C25H27N5OS. The number of para-hydroxylation sites is 1. The van der Waals surface area contributed by atoms with Gasteiger partial charge in [0.05, 0.1) is 5.25 Å². The van der Waals surface area contributed by atoms with Crippen LogP contribution < -0.4 is 4.90 Å². The molecule has 1 unspecified atom stereocenters. The topological polar surface area (TPSA) is 63.9 Å². The zero-order chi connectivity index (χ0) is 22.5. The van der Waals surface area contributed by atoms with Crippen molar-refractivity contribution in [1.29, 1.82) is 0 Å². The predicted molar refractivity (Wildman–Crippen MR) is 128 cm³/mol. The molecule has 0 spiro atoms. The Morgan fingerprint density at radius 2 is 1.88 bits per heavy atom. The smallest absolute Gasteiger partial charge is 0.192 e. The molecule has 3 heterocycles. The van der Waals surface area contributed by atoms with E-state index >= 15 is 0 Å². The first-order chi connectivity index (χ1) is 15.4. The van der Waals surface area contributed by atoms with Crippen LogP contribution in [0.15, 0.2) is 65.7 Å². The van der Waals surface area contributed by atoms with Crippen molar-refractivity contribution < 1.29 is 4.79 Å². The minimum atomic E-state index is -0.262. The van der Waals surface area contributed by atoms with E-state index in [4.69, 9.17) is 0 Å². The molecule has 3 aromatic rings. The molecule has 164 valence electrons. The van der Waals surface area contributed by atoms with Gasteiger partial charge in [-0.2, -0.15) is 0 Å². The van der Waals surface area contributed by atoms with Gasteiger partial charge in [0.2, 0.25) is 0 Å². The minimum absolute atomic E-state index is 0.0912. The Hall–Kier alpha value is -2.93. The van der Waals surface area contributed by atoms with Crippen molar-refractivity contribution in [3.63, 3.8) is 0 Å². The average molecular weight is 446 g/mol. The first kappa shape index (κ1) is 20.9. The van der Waals surface area contributed by atoms with E-state index in [-0.39, 0.29) is 16.4 Å². The highest BCUT2D eigenvalue weighted by molar-refractivity contribution is 8.00. The van der Waals surface area contributed by atoms with Crippen molar-refractivity contribution in [1.82, 2.24) is 19.7 Å². The van der Waals surface area contributed by atoms with Crippen molar-refractivity contribution >= 4 is 23.2 Å². The van der Waals surface area contributed by atoms with Gasteiger partial charge in [0.1, 0.15) is 0 Å². The van der Waals surface area contributed by atoms with Gasteiger partial charge in [0, 0.05) is 53.9 Å². The summed E-state index contributed by atoms with van der Waals surface area (Å²) < 4.78 is 2.19. The van der Waals surface area contributed by atoms with E-state index in [1.807, 2.05) is 38.2 Å². The zero-order valence-electron chi connectivity index (χ0n) is 18.8. The van der Waals surface area contributed by atoms with E-state index < -0.39 is 0 Å². The van der Waals surface area contributed by atoms with Crippen LogP contribution in [0.1, 0.15) is 45.2 Å². The number of thioether (sulfide) groups is 1. The monoisotopic (exact) mass is 445 g/mol. The SMILES string of the molecule is CC(Sc1nnc(-c2ccncc2)n1C1CC1)C(=O)/C=C1\N(C)c2ccccc2C1(C)C. The van der Waals surface area contributed by atoms with Crippen LogP contribution in [-0.2, 0) is 10.2 Å². The Morgan fingerprint density at radius 1 is 1.16 bits per heavy atom. The maximum absolute atomic E-state index is 13.3. The van der Waals surface area contributed by atoms with Gasteiger partial charge in [0.25, 0.3) is 0 Å². The van der Waals surface area contributed by atoms with Crippen LogP contribution in [0.5, 0.6) is 0 Å². The number of benzene rings is 1. The highest BCUT2D eigenvalue weighted by Gasteiger charge is 2.39. The molecule has 0 radical (unpaired) electrons. The highest BCUT2D eigenvalue weighted by atomic mass is 32.2. The summed E-state index contributed by atoms with van der Waals surface area (Å²) >= 11 is 1.49. The molecule has 1 aliphatic heterocycles. The van der Waals surface area contributed by atoms with Crippen LogP contribution in [0.3, 0.4) is 0 Å². The Balaban J connectivity index is 1.40. The van der Waals surface area contributed by atoms with E-state index in [0.717, 1.165) is 40.8 Å². The summed E-state index contributed by atoms with van der Waals surface area (Å²) in [5, 5.41) is 9.46. The molecule has 0 amide bonds. The minimum Gasteiger partial charge on any atom is -0.347 e. The molecule has 32 heavy (non-hydrogen) atoms. The molecule has 0 saturated heterocycles. The third-order valence-electron chi connectivity index (χ3n) is 6.42. The lowest BCUT2D eigenvalue weighted by atomic mass is 9.83. The number of fused-ring (bicyclic) bond motifs is 1. The third kappa shape index (κ3) is 3.54. The van der Waals surface area contributed by atoms with Crippen LogP contribution in [0.25, 0.3) is 11.4 Å². The Kier molecular flexibility index (Phi) is 5.16. The van der Waals surface area contributed by atoms with E-state index in [0.29, 0.717) is 6.04 Å². The summed E-state index contributed by atoms with van der Waals surface area (Å²) in [6, 6.07) is 12.7. The number of carbonyl (C=O) groups excluding carboxylic acids is 1. The van der Waals surface area contributed by atoms with Gasteiger partial charge in [-0.05, 0) is 43.5 Å². The highest BCUT2D eigenvalue weighted by Crippen LogP contribution is 2.47. The average Bonchev–Trinajstić information content (AvgIpc) is 3.53. The van der Waals surface area contributed by atoms with Crippen LogP contribution in [0.4, 0.5) is 5.69 Å². The summed E-state index contributed by atoms with van der Waals surface area (Å²) in [5.74, 6) is 0.941. The number of pyridine rings is 1. The molecule has 0 N–H and O–H groups in total. The summed E-state index contributed by atoms with van der Waals surface area (Å²) in [5.41, 5.74) is 4.22. The first-order valence-corrected chi connectivity index (χ1v) is 11.9. The second-order valence-corrected chi connectivity index (χ2v) is 10.3. The maximum atomic E-state index is 13.3. The van der Waals surface area contributed by atoms with E-state index in [1.54, 1.807) is 12.4 Å². The fourth-order valence-corrected chi connectivity index (χ4v) is 5.38. The number of hydrogen-bond acceptors (Lipinski definition) is 6. The summed E-state index contributed by atoms with van der Waals surface area (Å²) in [6.07, 6.45) is 7.59. The maximum Gasteiger partial charge on any atom is 0.192 e. The standard InChI is InChI=1S/C25H27N5OS/c1-16(21(31)15-22-25(2,3)19-7-5-6-8-20(19)29(22)4)32-24-28-27-23(30(24)18-9-10-18)17-11-13-26-14-12-17/h5-8,11-16,18H,9-10H2,1-4H3/b22-15-. The van der Waals surface area contributed by atoms with Gasteiger partial charge < -0.3 is 4.90 Å². The lowest BCUT2D eigenvalue weighted by molar-refractivity contribution is -0.114. The second-order valence-electron chi connectivity index (χ2n) is 9.04. The second kappa shape index (κ2) is 7.89. The Bertz CT molecular complexity index is 1200. The number of anilines is 1. The largest absolute Gasteiger partial charge is 0.347 e. The van der Waals surface area contributed by atoms with Crippen molar-refractivity contribution in [2.45, 2.75) is 55.5 Å². The molecule has 1 aromatic carbocycles.